The Kier molecular flexibility index (Phi) is 6.16. The smallest absolute Gasteiger partial charge is 0.282 e. The molecule has 2 aliphatic heterocycles. The topological polar surface area (TPSA) is 52.7 Å². The van der Waals surface area contributed by atoms with Crippen LogP contribution in [0.1, 0.15) is 36.5 Å². The van der Waals surface area contributed by atoms with Crippen molar-refractivity contribution >= 4 is 34.4 Å². The number of benzene rings is 3. The van der Waals surface area contributed by atoms with Gasteiger partial charge in [-0.1, -0.05) is 49.4 Å². The summed E-state index contributed by atoms with van der Waals surface area (Å²) in [5.74, 6) is 0.134. The van der Waals surface area contributed by atoms with Gasteiger partial charge in [0.2, 0.25) is 0 Å². The van der Waals surface area contributed by atoms with Crippen LogP contribution in [0.2, 0.25) is 0 Å². The molecule has 0 atom stereocenters. The second kappa shape index (κ2) is 9.41. The minimum Gasteiger partial charge on any atom is -0.372 e. The van der Waals surface area contributed by atoms with Crippen molar-refractivity contribution in [2.75, 3.05) is 28.2 Å². The molecule has 2 heterocycles. The highest BCUT2D eigenvalue weighted by Gasteiger charge is 2.40. The fraction of sp³-hybridized carbons (Fsp3) is 0.267. The summed E-state index contributed by atoms with van der Waals surface area (Å²) >= 11 is 0. The first-order valence-electron chi connectivity index (χ1n) is 12.3. The lowest BCUT2D eigenvalue weighted by molar-refractivity contribution is -0.120. The lowest BCUT2D eigenvalue weighted by Crippen LogP contribution is -2.33. The van der Waals surface area contributed by atoms with E-state index in [-0.39, 0.29) is 11.8 Å². The number of amides is 2. The van der Waals surface area contributed by atoms with Crippen LogP contribution in [0.5, 0.6) is 0 Å². The molecule has 1 N–H and O–H groups in total. The predicted molar refractivity (Wildman–Crippen MR) is 142 cm³/mol. The maximum Gasteiger partial charge on any atom is 0.282 e. The van der Waals surface area contributed by atoms with Gasteiger partial charge in [-0.3, -0.25) is 9.59 Å². The van der Waals surface area contributed by atoms with Crippen LogP contribution in [0.15, 0.2) is 78.5 Å². The molecule has 0 spiro atoms. The largest absolute Gasteiger partial charge is 0.372 e. The number of carbonyl (C=O) groups is 2. The molecular formula is C30H31N3O2. The Morgan fingerprint density at radius 1 is 0.829 bits per heavy atom. The third kappa shape index (κ3) is 4.46. The second-order valence-electron chi connectivity index (χ2n) is 9.69. The number of hydrogen-bond donors (Lipinski definition) is 1. The summed E-state index contributed by atoms with van der Waals surface area (Å²) in [6.07, 6.45) is 2.41. The molecule has 1 saturated heterocycles. The molecule has 0 aromatic heterocycles. The Morgan fingerprint density at radius 3 is 2.20 bits per heavy atom. The molecule has 0 aliphatic carbocycles. The van der Waals surface area contributed by atoms with Crippen LogP contribution in [0.4, 0.5) is 17.1 Å². The van der Waals surface area contributed by atoms with E-state index in [1.54, 1.807) is 0 Å². The third-order valence-electron chi connectivity index (χ3n) is 7.04. The number of aryl methyl sites for hydroxylation is 2. The zero-order valence-electron chi connectivity index (χ0n) is 20.5. The van der Waals surface area contributed by atoms with E-state index in [1.807, 2.05) is 74.5 Å². The number of nitrogens with one attached hydrogen (secondary N) is 1. The molecule has 2 aliphatic rings. The van der Waals surface area contributed by atoms with Gasteiger partial charge in [-0.15, -0.1) is 0 Å². The number of piperidine rings is 1. The van der Waals surface area contributed by atoms with Gasteiger partial charge in [-0.2, -0.15) is 0 Å². The number of carbonyl (C=O) groups excluding carboxylic acids is 2. The van der Waals surface area contributed by atoms with Crippen molar-refractivity contribution in [3.8, 4) is 0 Å². The standard InChI is InChI=1S/C30H31N3O2/c1-20-15-17-32(18-16-20)25-13-11-24(12-14-25)31-28-27(23-7-5-4-6-8-23)29(34)33(30(28)35)26-19-21(2)9-10-22(26)3/h4-14,19-20,31H,15-18H2,1-3H3. The molecule has 0 bridgehead atoms. The molecule has 35 heavy (non-hydrogen) atoms. The molecule has 5 heteroatoms. The van der Waals surface area contributed by atoms with Gasteiger partial charge in [0.25, 0.3) is 11.8 Å². The van der Waals surface area contributed by atoms with Crippen molar-refractivity contribution in [1.29, 1.82) is 0 Å². The van der Waals surface area contributed by atoms with Gasteiger partial charge in [0.15, 0.2) is 0 Å². The summed E-state index contributed by atoms with van der Waals surface area (Å²) in [6.45, 7) is 8.32. The molecule has 1 fully saturated rings. The van der Waals surface area contributed by atoms with Crippen molar-refractivity contribution in [3.63, 3.8) is 0 Å². The maximum absolute atomic E-state index is 13.7. The number of rotatable bonds is 5. The molecule has 3 aromatic rings. The number of hydrogen-bond acceptors (Lipinski definition) is 4. The lowest BCUT2D eigenvalue weighted by atomic mass is 9.99. The molecule has 0 saturated carbocycles. The SMILES string of the molecule is Cc1ccc(C)c(N2C(=O)C(Nc3ccc(N4CCC(C)CC4)cc3)=C(c3ccccc3)C2=O)c1. The summed E-state index contributed by atoms with van der Waals surface area (Å²) in [6, 6.07) is 23.4. The lowest BCUT2D eigenvalue weighted by Gasteiger charge is -2.32. The highest BCUT2D eigenvalue weighted by molar-refractivity contribution is 6.46. The van der Waals surface area contributed by atoms with E-state index in [0.29, 0.717) is 17.0 Å². The van der Waals surface area contributed by atoms with Crippen LogP contribution in [0.25, 0.3) is 5.57 Å². The minimum atomic E-state index is -0.336. The van der Waals surface area contributed by atoms with Crippen LogP contribution in [-0.2, 0) is 9.59 Å². The normalized spacial score (nSPS) is 16.9. The Morgan fingerprint density at radius 2 is 1.51 bits per heavy atom. The first kappa shape index (κ1) is 22.9. The Hall–Kier alpha value is -3.86. The molecule has 178 valence electrons. The molecular weight excluding hydrogens is 434 g/mol. The third-order valence-corrected chi connectivity index (χ3v) is 7.04. The fourth-order valence-corrected chi connectivity index (χ4v) is 4.86. The number of anilines is 3. The van der Waals surface area contributed by atoms with Crippen molar-refractivity contribution in [1.82, 2.24) is 0 Å². The van der Waals surface area contributed by atoms with E-state index in [4.69, 9.17) is 0 Å². The zero-order valence-corrected chi connectivity index (χ0v) is 20.5. The molecule has 2 amide bonds. The summed E-state index contributed by atoms with van der Waals surface area (Å²) < 4.78 is 0. The van der Waals surface area contributed by atoms with Crippen LogP contribution in [-0.4, -0.2) is 24.9 Å². The Labute approximate surface area is 207 Å². The highest BCUT2D eigenvalue weighted by Crippen LogP contribution is 2.35. The van der Waals surface area contributed by atoms with Gasteiger partial charge in [0.05, 0.1) is 11.3 Å². The van der Waals surface area contributed by atoms with Gasteiger partial charge in [-0.05, 0) is 79.6 Å². The van der Waals surface area contributed by atoms with E-state index in [0.717, 1.165) is 41.4 Å². The van der Waals surface area contributed by atoms with Crippen molar-refractivity contribution in [2.24, 2.45) is 5.92 Å². The van der Waals surface area contributed by atoms with Crippen LogP contribution >= 0.6 is 0 Å². The van der Waals surface area contributed by atoms with E-state index < -0.39 is 0 Å². The van der Waals surface area contributed by atoms with Crippen LogP contribution in [0, 0.1) is 19.8 Å². The van der Waals surface area contributed by atoms with E-state index in [2.05, 4.69) is 29.3 Å². The van der Waals surface area contributed by atoms with Gasteiger partial charge >= 0.3 is 0 Å². The average molecular weight is 466 g/mol. The summed E-state index contributed by atoms with van der Waals surface area (Å²) in [4.78, 5) is 31.1. The fourth-order valence-electron chi connectivity index (χ4n) is 4.86. The molecule has 5 nitrogen and oxygen atoms in total. The summed E-state index contributed by atoms with van der Waals surface area (Å²) in [5.41, 5.74) is 5.90. The van der Waals surface area contributed by atoms with Crippen molar-refractivity contribution < 1.29 is 9.59 Å². The highest BCUT2D eigenvalue weighted by atomic mass is 16.2. The molecule has 0 unspecified atom stereocenters. The zero-order chi connectivity index (χ0) is 24.5. The van der Waals surface area contributed by atoms with E-state index in [9.17, 15) is 9.59 Å². The Balaban J connectivity index is 1.48. The van der Waals surface area contributed by atoms with Crippen LogP contribution in [0.3, 0.4) is 0 Å². The van der Waals surface area contributed by atoms with Crippen molar-refractivity contribution in [2.45, 2.75) is 33.6 Å². The maximum atomic E-state index is 13.7. The van der Waals surface area contributed by atoms with Gasteiger partial charge < -0.3 is 10.2 Å². The first-order chi connectivity index (χ1) is 16.9. The van der Waals surface area contributed by atoms with Gasteiger partial charge in [0.1, 0.15) is 5.70 Å². The minimum absolute atomic E-state index is 0.307. The predicted octanol–water partition coefficient (Wildman–Crippen LogP) is 5.94. The molecule has 5 rings (SSSR count). The summed E-state index contributed by atoms with van der Waals surface area (Å²) in [5, 5.41) is 3.29. The second-order valence-corrected chi connectivity index (χ2v) is 9.69. The average Bonchev–Trinajstić information content (AvgIpc) is 3.11. The first-order valence-corrected chi connectivity index (χ1v) is 12.3. The van der Waals surface area contributed by atoms with E-state index >= 15 is 0 Å². The molecule has 3 aromatic carbocycles. The number of imide groups is 1. The number of nitrogens with zero attached hydrogens (tertiary/aromatic N) is 2. The van der Waals surface area contributed by atoms with E-state index in [1.165, 1.54) is 23.4 Å². The monoisotopic (exact) mass is 465 g/mol. The van der Waals surface area contributed by atoms with Crippen molar-refractivity contribution in [3.05, 3.63) is 95.2 Å². The van der Waals surface area contributed by atoms with Gasteiger partial charge in [-0.25, -0.2) is 4.90 Å². The summed E-state index contributed by atoms with van der Waals surface area (Å²) in [7, 11) is 0. The quantitative estimate of drug-likeness (QED) is 0.474. The molecule has 0 radical (unpaired) electrons. The Bertz CT molecular complexity index is 1290. The van der Waals surface area contributed by atoms with Gasteiger partial charge in [0, 0.05) is 24.5 Å². The van der Waals surface area contributed by atoms with Crippen LogP contribution < -0.4 is 15.1 Å².